The SMILES string of the molecule is O=N[C@H]1CC[C@H]1N=O. The molecule has 0 spiro atoms. The molecule has 0 unspecified atom stereocenters. The first kappa shape index (κ1) is 5.34. The van der Waals surface area contributed by atoms with Gasteiger partial charge in [-0.05, 0) is 12.8 Å². The molecule has 0 aromatic carbocycles. The van der Waals surface area contributed by atoms with Crippen LogP contribution in [0, 0.1) is 9.81 Å². The van der Waals surface area contributed by atoms with E-state index in [1.54, 1.807) is 0 Å². The summed E-state index contributed by atoms with van der Waals surface area (Å²) in [5.41, 5.74) is 0. The Morgan fingerprint density at radius 1 is 1.00 bits per heavy atom. The van der Waals surface area contributed by atoms with Gasteiger partial charge in [-0.1, -0.05) is 10.4 Å². The van der Waals surface area contributed by atoms with E-state index in [0.29, 0.717) is 0 Å². The van der Waals surface area contributed by atoms with Crippen molar-refractivity contribution in [1.29, 1.82) is 0 Å². The summed E-state index contributed by atoms with van der Waals surface area (Å²) in [7, 11) is 0. The van der Waals surface area contributed by atoms with Crippen LogP contribution in [0.5, 0.6) is 0 Å². The number of nitrogens with zero attached hydrogens (tertiary/aromatic N) is 2. The third-order valence-electron chi connectivity index (χ3n) is 1.47. The number of nitroso groups, excluding NO2 is 2. The lowest BCUT2D eigenvalue weighted by Gasteiger charge is -2.23. The maximum atomic E-state index is 9.71. The Balaban J connectivity index is 2.36. The summed E-state index contributed by atoms with van der Waals surface area (Å²) in [6, 6.07) is -0.625. The van der Waals surface area contributed by atoms with Gasteiger partial charge in [0.1, 0.15) is 12.1 Å². The molecule has 0 aliphatic heterocycles. The normalized spacial score (nSPS) is 35.5. The van der Waals surface area contributed by atoms with Crippen LogP contribution in [-0.2, 0) is 0 Å². The molecule has 0 radical (unpaired) electrons. The Morgan fingerprint density at radius 3 is 1.50 bits per heavy atom. The highest BCUT2D eigenvalue weighted by atomic mass is 16.3. The van der Waals surface area contributed by atoms with Crippen LogP contribution in [0.2, 0.25) is 0 Å². The first-order valence-corrected chi connectivity index (χ1v) is 2.53. The number of hydrogen-bond donors (Lipinski definition) is 0. The first-order chi connectivity index (χ1) is 3.88. The molecule has 0 amide bonds. The van der Waals surface area contributed by atoms with Crippen LogP contribution in [0.3, 0.4) is 0 Å². The molecule has 44 valence electrons. The lowest BCUT2D eigenvalue weighted by molar-refractivity contribution is 0.347. The summed E-state index contributed by atoms with van der Waals surface area (Å²) >= 11 is 0. The van der Waals surface area contributed by atoms with Crippen LogP contribution in [-0.4, -0.2) is 12.1 Å². The van der Waals surface area contributed by atoms with E-state index in [1.807, 2.05) is 0 Å². The zero-order valence-electron chi connectivity index (χ0n) is 4.28. The zero-order valence-corrected chi connectivity index (χ0v) is 4.28. The summed E-state index contributed by atoms with van der Waals surface area (Å²) in [6.07, 6.45) is 1.47. The molecular weight excluding hydrogens is 108 g/mol. The molecule has 1 aliphatic carbocycles. The average molecular weight is 114 g/mol. The molecule has 1 saturated carbocycles. The summed E-state index contributed by atoms with van der Waals surface area (Å²) in [5.74, 6) is 0. The second-order valence-electron chi connectivity index (χ2n) is 1.92. The molecule has 0 saturated heterocycles. The predicted molar refractivity (Wildman–Crippen MR) is 28.4 cm³/mol. The van der Waals surface area contributed by atoms with E-state index in [-0.39, 0.29) is 12.1 Å². The topological polar surface area (TPSA) is 58.9 Å². The van der Waals surface area contributed by atoms with Gasteiger partial charge in [0.2, 0.25) is 0 Å². The molecular formula is C4H6N2O2. The molecule has 4 nitrogen and oxygen atoms in total. The lowest BCUT2D eigenvalue weighted by atomic mass is 9.88. The quantitative estimate of drug-likeness (QED) is 0.504. The van der Waals surface area contributed by atoms with Crippen molar-refractivity contribution >= 4 is 0 Å². The van der Waals surface area contributed by atoms with Gasteiger partial charge in [0.15, 0.2) is 0 Å². The highest BCUT2D eigenvalue weighted by Gasteiger charge is 2.32. The van der Waals surface area contributed by atoms with Crippen molar-refractivity contribution in [3.8, 4) is 0 Å². The van der Waals surface area contributed by atoms with Crippen LogP contribution in [0.1, 0.15) is 12.8 Å². The van der Waals surface area contributed by atoms with E-state index in [2.05, 4.69) is 10.4 Å². The van der Waals surface area contributed by atoms with Crippen molar-refractivity contribution in [2.24, 2.45) is 10.4 Å². The van der Waals surface area contributed by atoms with Gasteiger partial charge in [-0.15, -0.1) is 0 Å². The van der Waals surface area contributed by atoms with Crippen LogP contribution >= 0.6 is 0 Å². The van der Waals surface area contributed by atoms with E-state index >= 15 is 0 Å². The highest BCUT2D eigenvalue weighted by Crippen LogP contribution is 2.25. The van der Waals surface area contributed by atoms with Gasteiger partial charge in [0.05, 0.1) is 0 Å². The molecule has 1 rings (SSSR count). The Morgan fingerprint density at radius 2 is 1.38 bits per heavy atom. The van der Waals surface area contributed by atoms with E-state index in [1.165, 1.54) is 0 Å². The van der Waals surface area contributed by atoms with E-state index in [4.69, 9.17) is 0 Å². The van der Waals surface area contributed by atoms with Crippen molar-refractivity contribution in [3.05, 3.63) is 9.81 Å². The zero-order chi connectivity index (χ0) is 5.98. The molecule has 0 bridgehead atoms. The van der Waals surface area contributed by atoms with Gasteiger partial charge in [0, 0.05) is 0 Å². The van der Waals surface area contributed by atoms with E-state index in [9.17, 15) is 9.81 Å². The van der Waals surface area contributed by atoms with Gasteiger partial charge >= 0.3 is 0 Å². The minimum absolute atomic E-state index is 0.313. The fourth-order valence-corrected chi connectivity index (χ4v) is 0.711. The Kier molecular flexibility index (Phi) is 1.32. The van der Waals surface area contributed by atoms with Crippen molar-refractivity contribution < 1.29 is 0 Å². The maximum Gasteiger partial charge on any atom is 0.118 e. The molecule has 1 aliphatic rings. The van der Waals surface area contributed by atoms with Gasteiger partial charge in [-0.25, -0.2) is 0 Å². The van der Waals surface area contributed by atoms with Crippen molar-refractivity contribution in [3.63, 3.8) is 0 Å². The van der Waals surface area contributed by atoms with Crippen LogP contribution in [0.15, 0.2) is 10.4 Å². The van der Waals surface area contributed by atoms with Gasteiger partial charge in [0.25, 0.3) is 0 Å². The molecule has 8 heavy (non-hydrogen) atoms. The second kappa shape index (κ2) is 1.98. The number of hydrogen-bond acceptors (Lipinski definition) is 4. The molecule has 4 heteroatoms. The van der Waals surface area contributed by atoms with E-state index < -0.39 is 0 Å². The monoisotopic (exact) mass is 114 g/mol. The smallest absolute Gasteiger partial charge is 0.118 e. The van der Waals surface area contributed by atoms with Crippen LogP contribution < -0.4 is 0 Å². The van der Waals surface area contributed by atoms with Crippen molar-refractivity contribution in [2.45, 2.75) is 24.9 Å². The first-order valence-electron chi connectivity index (χ1n) is 2.53. The molecule has 0 heterocycles. The predicted octanol–water partition coefficient (Wildman–Crippen LogP) is 1.05. The van der Waals surface area contributed by atoms with Crippen LogP contribution in [0.25, 0.3) is 0 Å². The van der Waals surface area contributed by atoms with Gasteiger partial charge in [-0.3, -0.25) is 0 Å². The molecule has 1 fully saturated rings. The molecule has 0 aromatic heterocycles. The third kappa shape index (κ3) is 0.616. The van der Waals surface area contributed by atoms with Gasteiger partial charge in [-0.2, -0.15) is 9.81 Å². The Hall–Kier alpha value is -0.800. The van der Waals surface area contributed by atoms with Crippen LogP contribution in [0.4, 0.5) is 0 Å². The molecule has 0 aromatic rings. The summed E-state index contributed by atoms with van der Waals surface area (Å²) in [6.45, 7) is 0. The Labute approximate surface area is 46.2 Å². The standard InChI is InChI=1S/C4H6N2O2/c7-5-3-1-2-4(3)6-8/h3-4H,1-2H2/t3-,4+. The minimum Gasteiger partial charge on any atom is -0.150 e. The summed E-state index contributed by atoms with van der Waals surface area (Å²) in [4.78, 5) is 19.4. The minimum atomic E-state index is -0.313. The fourth-order valence-electron chi connectivity index (χ4n) is 0.711. The van der Waals surface area contributed by atoms with Crippen molar-refractivity contribution in [1.82, 2.24) is 0 Å². The number of rotatable bonds is 2. The second-order valence-corrected chi connectivity index (χ2v) is 1.92. The fraction of sp³-hybridized carbons (Fsp3) is 1.00. The van der Waals surface area contributed by atoms with Crippen molar-refractivity contribution in [2.75, 3.05) is 0 Å². The Bertz CT molecular complexity index is 101. The summed E-state index contributed by atoms with van der Waals surface area (Å²) in [5, 5.41) is 5.40. The molecule has 2 atom stereocenters. The average Bonchev–Trinajstić information content (AvgIpc) is 1.66. The van der Waals surface area contributed by atoms with E-state index in [0.717, 1.165) is 12.8 Å². The highest BCUT2D eigenvalue weighted by molar-refractivity contribution is 4.91. The summed E-state index contributed by atoms with van der Waals surface area (Å²) < 4.78 is 0. The maximum absolute atomic E-state index is 9.71. The largest absolute Gasteiger partial charge is 0.150 e. The lowest BCUT2D eigenvalue weighted by Crippen LogP contribution is -2.32. The third-order valence-corrected chi connectivity index (χ3v) is 1.47. The molecule has 0 N–H and O–H groups in total. The van der Waals surface area contributed by atoms with Gasteiger partial charge < -0.3 is 0 Å².